The lowest BCUT2D eigenvalue weighted by atomic mass is 9.72. The van der Waals surface area contributed by atoms with Crippen LogP contribution >= 0.6 is 0 Å². The average Bonchev–Trinajstić information content (AvgIpc) is 2.26. The van der Waals surface area contributed by atoms with Crippen LogP contribution in [0.1, 0.15) is 43.4 Å². The van der Waals surface area contributed by atoms with Gasteiger partial charge in [0.1, 0.15) is 0 Å². The molecule has 1 rings (SSSR count). The smallest absolute Gasteiger partial charge is 0.423 e. The Morgan fingerprint density at radius 3 is 2.38 bits per heavy atom. The Balaban J connectivity index is 3.51. The third-order valence-electron chi connectivity index (χ3n) is 2.72. The highest BCUT2D eigenvalue weighted by Crippen LogP contribution is 2.23. The van der Waals surface area contributed by atoms with Gasteiger partial charge < -0.3 is 10.0 Å². The fourth-order valence-corrected chi connectivity index (χ4v) is 2.07. The molecule has 0 saturated carbocycles. The largest absolute Gasteiger partial charge is 0.488 e. The first-order valence-corrected chi connectivity index (χ1v) is 5.44. The molecule has 0 aliphatic rings. The van der Waals surface area contributed by atoms with E-state index in [0.29, 0.717) is 17.4 Å². The summed E-state index contributed by atoms with van der Waals surface area (Å²) in [4.78, 5) is 0. The van der Waals surface area contributed by atoms with E-state index in [1.807, 2.05) is 20.8 Å². The van der Waals surface area contributed by atoms with Gasteiger partial charge in [0.05, 0.1) is 11.6 Å². The molecule has 0 aliphatic carbocycles. The Hall–Kier alpha value is -1.31. The molecule has 0 heterocycles. The maximum absolute atomic E-state index is 9.28. The molecule has 2 N–H and O–H groups in total. The van der Waals surface area contributed by atoms with E-state index in [9.17, 15) is 10.0 Å². The van der Waals surface area contributed by atoms with Crippen LogP contribution in [0.3, 0.4) is 0 Å². The van der Waals surface area contributed by atoms with Crippen molar-refractivity contribution in [3.63, 3.8) is 0 Å². The zero-order chi connectivity index (χ0) is 12.3. The Bertz CT molecular complexity index is 422. The summed E-state index contributed by atoms with van der Waals surface area (Å²) in [5.74, 6) is 0.197. The molecule has 0 spiro atoms. The third kappa shape index (κ3) is 2.26. The number of nitriles is 1. The number of benzene rings is 1. The highest BCUT2D eigenvalue weighted by Gasteiger charge is 2.21. The van der Waals surface area contributed by atoms with E-state index < -0.39 is 7.12 Å². The molecule has 0 saturated heterocycles. The van der Waals surface area contributed by atoms with Crippen molar-refractivity contribution in [1.82, 2.24) is 0 Å². The summed E-state index contributed by atoms with van der Waals surface area (Å²) in [6, 6.07) is 5.43. The predicted molar refractivity (Wildman–Crippen MR) is 64.4 cm³/mol. The lowest BCUT2D eigenvalue weighted by Gasteiger charge is -2.17. The number of hydrogen-bond acceptors (Lipinski definition) is 3. The molecule has 84 valence electrons. The molecule has 0 unspecified atom stereocenters. The SMILES string of the molecule is CCc1c(B(O)O)ccc(C#N)c1C(C)C. The van der Waals surface area contributed by atoms with Gasteiger partial charge in [-0.15, -0.1) is 0 Å². The number of hydrogen-bond donors (Lipinski definition) is 2. The van der Waals surface area contributed by atoms with Crippen molar-refractivity contribution in [2.45, 2.75) is 33.1 Å². The van der Waals surface area contributed by atoms with E-state index in [2.05, 4.69) is 6.07 Å². The maximum atomic E-state index is 9.28. The van der Waals surface area contributed by atoms with Crippen LogP contribution in [-0.2, 0) is 6.42 Å². The van der Waals surface area contributed by atoms with Gasteiger partial charge in [-0.25, -0.2) is 0 Å². The van der Waals surface area contributed by atoms with Gasteiger partial charge in [-0.2, -0.15) is 5.26 Å². The molecule has 16 heavy (non-hydrogen) atoms. The summed E-state index contributed by atoms with van der Waals surface area (Å²) in [5.41, 5.74) is 2.93. The number of rotatable bonds is 3. The molecule has 0 fully saturated rings. The second-order valence-corrected chi connectivity index (χ2v) is 4.09. The Morgan fingerprint density at radius 2 is 2.00 bits per heavy atom. The summed E-state index contributed by atoms with van der Waals surface area (Å²) in [7, 11) is -1.47. The first-order valence-electron chi connectivity index (χ1n) is 5.44. The normalized spacial score (nSPS) is 10.3. The molecule has 1 aromatic carbocycles. The average molecular weight is 217 g/mol. The summed E-state index contributed by atoms with van der Waals surface area (Å²) < 4.78 is 0. The minimum atomic E-state index is -1.47. The lowest BCUT2D eigenvalue weighted by molar-refractivity contribution is 0.425. The molecular weight excluding hydrogens is 201 g/mol. The van der Waals surface area contributed by atoms with Crippen LogP contribution in [0.25, 0.3) is 0 Å². The van der Waals surface area contributed by atoms with E-state index in [0.717, 1.165) is 11.1 Å². The highest BCUT2D eigenvalue weighted by molar-refractivity contribution is 6.59. The van der Waals surface area contributed by atoms with E-state index in [1.54, 1.807) is 12.1 Å². The van der Waals surface area contributed by atoms with Crippen molar-refractivity contribution in [3.8, 4) is 6.07 Å². The summed E-state index contributed by atoms with van der Waals surface area (Å²) in [6.07, 6.45) is 0.690. The molecule has 0 atom stereocenters. The van der Waals surface area contributed by atoms with Crippen molar-refractivity contribution in [1.29, 1.82) is 5.26 Å². The van der Waals surface area contributed by atoms with Gasteiger partial charge in [-0.3, -0.25) is 0 Å². The van der Waals surface area contributed by atoms with Crippen molar-refractivity contribution >= 4 is 12.6 Å². The second kappa shape index (κ2) is 5.15. The highest BCUT2D eigenvalue weighted by atomic mass is 16.4. The van der Waals surface area contributed by atoms with Crippen LogP contribution in [0.2, 0.25) is 0 Å². The van der Waals surface area contributed by atoms with Gasteiger partial charge in [0.15, 0.2) is 0 Å². The Labute approximate surface area is 96.5 Å². The molecule has 4 heteroatoms. The Kier molecular flexibility index (Phi) is 4.11. The molecule has 0 radical (unpaired) electrons. The quantitative estimate of drug-likeness (QED) is 0.740. The van der Waals surface area contributed by atoms with Gasteiger partial charge in [-0.05, 0) is 35.0 Å². The monoisotopic (exact) mass is 217 g/mol. The van der Waals surface area contributed by atoms with Crippen molar-refractivity contribution < 1.29 is 10.0 Å². The van der Waals surface area contributed by atoms with Crippen LogP contribution in [-0.4, -0.2) is 17.2 Å². The zero-order valence-corrected chi connectivity index (χ0v) is 9.86. The van der Waals surface area contributed by atoms with Gasteiger partial charge in [0.25, 0.3) is 0 Å². The first-order chi connectivity index (χ1) is 7.52. The van der Waals surface area contributed by atoms with Crippen LogP contribution in [0.5, 0.6) is 0 Å². The van der Waals surface area contributed by atoms with Crippen molar-refractivity contribution in [2.24, 2.45) is 0 Å². The molecule has 1 aromatic rings. The summed E-state index contributed by atoms with van der Waals surface area (Å²) >= 11 is 0. The third-order valence-corrected chi connectivity index (χ3v) is 2.72. The standard InChI is InChI=1S/C12H16BNO2/c1-4-10-11(13(15)16)6-5-9(7-14)12(10)8(2)3/h5-6,8,15-16H,4H2,1-3H3. The van der Waals surface area contributed by atoms with Crippen LogP contribution in [0, 0.1) is 11.3 Å². The molecular formula is C12H16BNO2. The summed E-state index contributed by atoms with van der Waals surface area (Å²) in [6.45, 7) is 5.96. The second-order valence-electron chi connectivity index (χ2n) is 4.09. The van der Waals surface area contributed by atoms with Crippen LogP contribution in [0.15, 0.2) is 12.1 Å². The first kappa shape index (κ1) is 12.8. The van der Waals surface area contributed by atoms with E-state index in [4.69, 9.17) is 5.26 Å². The Morgan fingerprint density at radius 1 is 1.38 bits per heavy atom. The predicted octanol–water partition coefficient (Wildman–Crippen LogP) is 0.924. The van der Waals surface area contributed by atoms with Gasteiger partial charge in [0.2, 0.25) is 0 Å². The topological polar surface area (TPSA) is 64.2 Å². The van der Waals surface area contributed by atoms with Gasteiger partial charge in [-0.1, -0.05) is 26.8 Å². The van der Waals surface area contributed by atoms with E-state index in [-0.39, 0.29) is 5.92 Å². The number of nitrogens with zero attached hydrogens (tertiary/aromatic N) is 1. The maximum Gasteiger partial charge on any atom is 0.488 e. The summed E-state index contributed by atoms with van der Waals surface area (Å²) in [5, 5.41) is 27.6. The van der Waals surface area contributed by atoms with Gasteiger partial charge >= 0.3 is 7.12 Å². The van der Waals surface area contributed by atoms with Crippen molar-refractivity contribution in [3.05, 3.63) is 28.8 Å². The fraction of sp³-hybridized carbons (Fsp3) is 0.417. The van der Waals surface area contributed by atoms with Gasteiger partial charge in [0, 0.05) is 0 Å². The molecule has 0 bridgehead atoms. The lowest BCUT2D eigenvalue weighted by Crippen LogP contribution is -2.34. The minimum Gasteiger partial charge on any atom is -0.423 e. The van der Waals surface area contributed by atoms with Crippen LogP contribution in [0.4, 0.5) is 0 Å². The fourth-order valence-electron chi connectivity index (χ4n) is 2.07. The molecule has 0 aromatic heterocycles. The molecule has 0 aliphatic heterocycles. The minimum absolute atomic E-state index is 0.197. The zero-order valence-electron chi connectivity index (χ0n) is 9.86. The molecule has 3 nitrogen and oxygen atoms in total. The van der Waals surface area contributed by atoms with E-state index in [1.165, 1.54) is 0 Å². The van der Waals surface area contributed by atoms with Crippen molar-refractivity contribution in [2.75, 3.05) is 0 Å². The van der Waals surface area contributed by atoms with Crippen LogP contribution < -0.4 is 5.46 Å². The molecule has 0 amide bonds. The van der Waals surface area contributed by atoms with E-state index >= 15 is 0 Å².